The number of carbonyl (C=O) groups is 1. The average molecular weight is 374 g/mol. The summed E-state index contributed by atoms with van der Waals surface area (Å²) in [5, 5.41) is 7.93. The van der Waals surface area contributed by atoms with Crippen molar-refractivity contribution in [2.75, 3.05) is 5.32 Å². The maximum absolute atomic E-state index is 12.9. The maximum atomic E-state index is 12.9. The van der Waals surface area contributed by atoms with Gasteiger partial charge in [-0.3, -0.25) is 4.79 Å². The van der Waals surface area contributed by atoms with Crippen molar-refractivity contribution in [3.05, 3.63) is 77.5 Å². The molecule has 28 heavy (non-hydrogen) atoms. The number of nitrogens with zero attached hydrogens (tertiary/aromatic N) is 2. The van der Waals surface area contributed by atoms with Gasteiger partial charge in [0.15, 0.2) is 0 Å². The number of aryl methyl sites for hydroxylation is 1. The number of hydrogen-bond donors (Lipinski definition) is 1. The van der Waals surface area contributed by atoms with Crippen LogP contribution in [0.15, 0.2) is 60.7 Å². The molecule has 4 nitrogen and oxygen atoms in total. The molecule has 0 aliphatic heterocycles. The average Bonchev–Trinajstić information content (AvgIpc) is 3.36. The first kappa shape index (κ1) is 18.5. The van der Waals surface area contributed by atoms with Crippen LogP contribution in [0.3, 0.4) is 0 Å². The minimum absolute atomic E-state index is 0.0295. The Kier molecular flexibility index (Phi) is 4.58. The molecule has 1 amide bonds. The number of rotatable bonds is 4. The van der Waals surface area contributed by atoms with Crippen LogP contribution < -0.4 is 5.32 Å². The van der Waals surface area contributed by atoms with Gasteiger partial charge >= 0.3 is 0 Å². The van der Waals surface area contributed by atoms with Crippen molar-refractivity contribution >= 4 is 11.7 Å². The van der Waals surface area contributed by atoms with Crippen molar-refractivity contribution in [3.63, 3.8) is 0 Å². The summed E-state index contributed by atoms with van der Waals surface area (Å²) in [6.07, 6.45) is 0.903. The summed E-state index contributed by atoms with van der Waals surface area (Å²) in [7, 11) is 0. The minimum Gasteiger partial charge on any atom is -0.310 e. The molecule has 1 fully saturated rings. The predicted octanol–water partition coefficient (Wildman–Crippen LogP) is 5.22. The van der Waals surface area contributed by atoms with Crippen molar-refractivity contribution in [1.29, 1.82) is 0 Å². The van der Waals surface area contributed by atoms with E-state index >= 15 is 0 Å². The van der Waals surface area contributed by atoms with Crippen molar-refractivity contribution < 1.29 is 4.79 Å². The largest absolute Gasteiger partial charge is 0.310 e. The van der Waals surface area contributed by atoms with Crippen molar-refractivity contribution in [2.24, 2.45) is 5.92 Å². The van der Waals surface area contributed by atoms with E-state index in [-0.39, 0.29) is 17.2 Å². The lowest BCUT2D eigenvalue weighted by Gasteiger charge is -2.14. The standard InChI is InChI=1S/C24H27N3O/c1-16-10-12-18(13-11-16)27-22(15-21(26-27)24(2,3)4)25-23(28)20-14-19(20)17-8-6-5-7-9-17/h5-13,15,19-20H,14H2,1-4H3,(H,25,28). The Labute approximate surface area is 166 Å². The molecule has 3 aromatic rings. The van der Waals surface area contributed by atoms with Crippen molar-refractivity contribution in [1.82, 2.24) is 9.78 Å². The maximum Gasteiger partial charge on any atom is 0.229 e. The highest BCUT2D eigenvalue weighted by molar-refractivity contribution is 5.94. The van der Waals surface area contributed by atoms with Crippen LogP contribution in [-0.2, 0) is 10.2 Å². The summed E-state index contributed by atoms with van der Waals surface area (Å²) in [6, 6.07) is 20.5. The van der Waals surface area contributed by atoms with Gasteiger partial charge in [-0.05, 0) is 37.0 Å². The number of nitrogens with one attached hydrogen (secondary N) is 1. The fourth-order valence-electron chi connectivity index (χ4n) is 3.49. The topological polar surface area (TPSA) is 46.9 Å². The zero-order valence-corrected chi connectivity index (χ0v) is 16.9. The van der Waals surface area contributed by atoms with Crippen molar-refractivity contribution in [2.45, 2.75) is 45.4 Å². The van der Waals surface area contributed by atoms with Gasteiger partial charge in [0.05, 0.1) is 11.4 Å². The lowest BCUT2D eigenvalue weighted by molar-refractivity contribution is -0.117. The molecule has 1 aromatic heterocycles. The predicted molar refractivity (Wildman–Crippen MR) is 113 cm³/mol. The zero-order valence-electron chi connectivity index (χ0n) is 16.9. The SMILES string of the molecule is Cc1ccc(-n2nc(C(C)(C)C)cc2NC(=O)C2CC2c2ccccc2)cc1. The number of anilines is 1. The molecule has 2 atom stereocenters. The van der Waals surface area contributed by atoms with Crippen LogP contribution >= 0.6 is 0 Å². The van der Waals surface area contributed by atoms with E-state index in [0.717, 1.165) is 23.6 Å². The summed E-state index contributed by atoms with van der Waals surface area (Å²) >= 11 is 0. The highest BCUT2D eigenvalue weighted by Crippen LogP contribution is 2.48. The van der Waals surface area contributed by atoms with Gasteiger partial charge < -0.3 is 5.32 Å². The summed E-state index contributed by atoms with van der Waals surface area (Å²) in [4.78, 5) is 12.9. The third-order valence-electron chi connectivity index (χ3n) is 5.36. The van der Waals surface area contributed by atoms with Crippen LogP contribution in [0.1, 0.15) is 49.9 Å². The number of hydrogen-bond acceptors (Lipinski definition) is 2. The van der Waals surface area contributed by atoms with E-state index in [0.29, 0.717) is 5.92 Å². The van der Waals surface area contributed by atoms with Crippen LogP contribution in [0.5, 0.6) is 0 Å². The molecule has 1 saturated carbocycles. The summed E-state index contributed by atoms with van der Waals surface area (Å²) < 4.78 is 1.85. The molecular formula is C24H27N3O. The number of amides is 1. The van der Waals surface area contributed by atoms with Gasteiger partial charge in [-0.15, -0.1) is 0 Å². The molecule has 1 N–H and O–H groups in total. The molecule has 0 bridgehead atoms. The summed E-state index contributed by atoms with van der Waals surface area (Å²) in [5.74, 6) is 1.15. The summed E-state index contributed by atoms with van der Waals surface area (Å²) in [5.41, 5.74) is 4.25. The van der Waals surface area contributed by atoms with Crippen LogP contribution in [0, 0.1) is 12.8 Å². The lowest BCUT2D eigenvalue weighted by Crippen LogP contribution is -2.17. The molecule has 0 spiro atoms. The first-order chi connectivity index (χ1) is 13.3. The first-order valence-electron chi connectivity index (χ1n) is 9.86. The molecule has 0 radical (unpaired) electrons. The monoisotopic (exact) mass is 373 g/mol. The molecule has 4 rings (SSSR count). The second-order valence-electron chi connectivity index (χ2n) is 8.76. The van der Waals surface area contributed by atoms with E-state index in [1.807, 2.05) is 41.1 Å². The Balaban J connectivity index is 1.59. The third-order valence-corrected chi connectivity index (χ3v) is 5.36. The van der Waals surface area contributed by atoms with Gasteiger partial charge in [0.2, 0.25) is 5.91 Å². The van der Waals surface area contributed by atoms with E-state index in [1.165, 1.54) is 11.1 Å². The zero-order chi connectivity index (χ0) is 19.9. The Hall–Kier alpha value is -2.88. The van der Waals surface area contributed by atoms with E-state index in [9.17, 15) is 4.79 Å². The van der Waals surface area contributed by atoms with Crippen LogP contribution in [0.25, 0.3) is 5.69 Å². The Morgan fingerprint density at radius 1 is 1.07 bits per heavy atom. The molecule has 1 aliphatic carbocycles. The van der Waals surface area contributed by atoms with E-state index in [4.69, 9.17) is 5.10 Å². The van der Waals surface area contributed by atoms with E-state index in [1.54, 1.807) is 0 Å². The van der Waals surface area contributed by atoms with E-state index < -0.39 is 0 Å². The normalized spacial score (nSPS) is 18.7. The Morgan fingerprint density at radius 2 is 1.75 bits per heavy atom. The second-order valence-corrected chi connectivity index (χ2v) is 8.76. The van der Waals surface area contributed by atoms with Gasteiger partial charge in [-0.2, -0.15) is 5.10 Å². The number of benzene rings is 2. The summed E-state index contributed by atoms with van der Waals surface area (Å²) in [6.45, 7) is 8.46. The smallest absolute Gasteiger partial charge is 0.229 e. The number of carbonyl (C=O) groups excluding carboxylic acids is 1. The molecule has 1 aliphatic rings. The van der Waals surface area contributed by atoms with Gasteiger partial charge in [-0.25, -0.2) is 4.68 Å². The highest BCUT2D eigenvalue weighted by Gasteiger charge is 2.44. The third kappa shape index (κ3) is 3.72. The lowest BCUT2D eigenvalue weighted by atomic mass is 9.92. The van der Waals surface area contributed by atoms with Gasteiger partial charge in [0, 0.05) is 17.4 Å². The quantitative estimate of drug-likeness (QED) is 0.681. The number of aromatic nitrogens is 2. The van der Waals surface area contributed by atoms with Crippen LogP contribution in [0.2, 0.25) is 0 Å². The Morgan fingerprint density at radius 3 is 2.39 bits per heavy atom. The fraction of sp³-hybridized carbons (Fsp3) is 0.333. The molecule has 0 saturated heterocycles. The molecular weight excluding hydrogens is 346 g/mol. The minimum atomic E-state index is -0.0957. The highest BCUT2D eigenvalue weighted by atomic mass is 16.2. The van der Waals surface area contributed by atoms with Gasteiger partial charge in [0.25, 0.3) is 0 Å². The van der Waals surface area contributed by atoms with E-state index in [2.05, 4.69) is 57.3 Å². The van der Waals surface area contributed by atoms with Crippen molar-refractivity contribution in [3.8, 4) is 5.69 Å². The second kappa shape index (κ2) is 6.93. The molecule has 1 heterocycles. The molecule has 4 heteroatoms. The Bertz CT molecular complexity index is 981. The molecule has 2 unspecified atom stereocenters. The van der Waals surface area contributed by atoms with Gasteiger partial charge in [-0.1, -0.05) is 68.8 Å². The molecule has 2 aromatic carbocycles. The first-order valence-corrected chi connectivity index (χ1v) is 9.86. The fourth-order valence-corrected chi connectivity index (χ4v) is 3.49. The van der Waals surface area contributed by atoms with Crippen LogP contribution in [-0.4, -0.2) is 15.7 Å². The van der Waals surface area contributed by atoms with Gasteiger partial charge in [0.1, 0.15) is 5.82 Å². The molecule has 144 valence electrons. The van der Waals surface area contributed by atoms with Crippen LogP contribution in [0.4, 0.5) is 5.82 Å².